The third-order valence-electron chi connectivity index (χ3n) is 6.10. The van der Waals surface area contributed by atoms with Gasteiger partial charge in [-0.1, -0.05) is 24.3 Å². The SMILES string of the molecule is CCOC(=O)Oc1c(-c2ccc(OC)cc2O)c2sc3ccccc3c2n1Cc1ccc2nsnc2c1. The summed E-state index contributed by atoms with van der Waals surface area (Å²) in [5.41, 5.74) is 4.64. The maximum Gasteiger partial charge on any atom is 0.515 e. The summed E-state index contributed by atoms with van der Waals surface area (Å²) in [5.74, 6) is 0.827. The van der Waals surface area contributed by atoms with Crippen molar-refractivity contribution in [3.05, 3.63) is 66.2 Å². The van der Waals surface area contributed by atoms with Crippen LogP contribution in [-0.4, -0.2) is 38.3 Å². The molecular weight excluding hydrogens is 510 g/mol. The first kappa shape index (κ1) is 23.3. The third kappa shape index (κ3) is 4.04. The number of benzene rings is 3. The van der Waals surface area contributed by atoms with Gasteiger partial charge in [0.2, 0.25) is 5.88 Å². The number of hydrogen-bond acceptors (Lipinski definition) is 9. The third-order valence-corrected chi connectivity index (χ3v) is 7.83. The minimum Gasteiger partial charge on any atom is -0.507 e. The van der Waals surface area contributed by atoms with Crippen molar-refractivity contribution in [2.24, 2.45) is 0 Å². The predicted molar refractivity (Wildman–Crippen MR) is 145 cm³/mol. The van der Waals surface area contributed by atoms with Crippen LogP contribution in [0.1, 0.15) is 12.5 Å². The zero-order chi connectivity index (χ0) is 25.5. The number of hydrogen-bond donors (Lipinski definition) is 1. The largest absolute Gasteiger partial charge is 0.515 e. The van der Waals surface area contributed by atoms with E-state index in [2.05, 4.69) is 14.8 Å². The summed E-state index contributed by atoms with van der Waals surface area (Å²) in [6.45, 7) is 2.30. The van der Waals surface area contributed by atoms with Gasteiger partial charge in [0, 0.05) is 21.7 Å². The van der Waals surface area contributed by atoms with Crippen LogP contribution in [0, 0.1) is 0 Å². The van der Waals surface area contributed by atoms with E-state index in [1.54, 1.807) is 43.6 Å². The standard InChI is InChI=1S/C27H21N3O5S2/c1-3-34-27(32)35-26-23(17-10-9-16(33-2)13-21(17)31)25-24(18-6-4-5-7-22(18)36-25)30(26)14-15-8-11-19-20(12-15)29-37-28-19/h4-13,31H,3,14H2,1-2H3. The average molecular weight is 532 g/mol. The fraction of sp³-hybridized carbons (Fsp3) is 0.148. The smallest absolute Gasteiger partial charge is 0.507 e. The van der Waals surface area contributed by atoms with Gasteiger partial charge in [0.15, 0.2) is 0 Å². The molecule has 0 spiro atoms. The molecule has 0 radical (unpaired) electrons. The molecule has 6 rings (SSSR count). The van der Waals surface area contributed by atoms with E-state index in [1.165, 1.54) is 11.7 Å². The van der Waals surface area contributed by atoms with Gasteiger partial charge >= 0.3 is 6.16 Å². The second-order valence-corrected chi connectivity index (χ2v) is 9.88. The van der Waals surface area contributed by atoms with Gasteiger partial charge in [-0.15, -0.1) is 11.3 Å². The van der Waals surface area contributed by atoms with E-state index in [-0.39, 0.29) is 12.4 Å². The molecule has 3 aromatic heterocycles. The van der Waals surface area contributed by atoms with Gasteiger partial charge in [-0.05, 0) is 42.8 Å². The number of aromatic nitrogens is 3. The van der Waals surface area contributed by atoms with Crippen molar-refractivity contribution in [2.45, 2.75) is 13.5 Å². The van der Waals surface area contributed by atoms with Crippen molar-refractivity contribution in [1.29, 1.82) is 0 Å². The number of fused-ring (bicyclic) bond motifs is 4. The van der Waals surface area contributed by atoms with E-state index in [4.69, 9.17) is 14.2 Å². The van der Waals surface area contributed by atoms with Crippen LogP contribution >= 0.6 is 23.1 Å². The Morgan fingerprint density at radius 2 is 1.89 bits per heavy atom. The van der Waals surface area contributed by atoms with E-state index >= 15 is 0 Å². The van der Waals surface area contributed by atoms with E-state index < -0.39 is 6.16 Å². The highest BCUT2D eigenvalue weighted by molar-refractivity contribution is 7.26. The molecule has 0 aliphatic carbocycles. The first-order valence-corrected chi connectivity index (χ1v) is 13.1. The maximum absolute atomic E-state index is 12.6. The van der Waals surface area contributed by atoms with E-state index in [0.717, 1.165) is 36.9 Å². The molecule has 0 amide bonds. The van der Waals surface area contributed by atoms with Gasteiger partial charge in [-0.3, -0.25) is 0 Å². The topological polar surface area (TPSA) is 95.7 Å². The number of nitrogens with zero attached hydrogens (tertiary/aromatic N) is 3. The monoisotopic (exact) mass is 531 g/mol. The molecule has 0 atom stereocenters. The predicted octanol–water partition coefficient (Wildman–Crippen LogP) is 6.83. The lowest BCUT2D eigenvalue weighted by atomic mass is 10.1. The van der Waals surface area contributed by atoms with Gasteiger partial charge in [0.25, 0.3) is 0 Å². The van der Waals surface area contributed by atoms with Crippen molar-refractivity contribution in [3.8, 4) is 28.5 Å². The fourth-order valence-corrected chi connectivity index (χ4v) is 6.26. The summed E-state index contributed by atoms with van der Waals surface area (Å²) in [6.07, 6.45) is -0.813. The number of thiophene rings is 1. The van der Waals surface area contributed by atoms with Crippen LogP contribution < -0.4 is 9.47 Å². The molecule has 186 valence electrons. The molecule has 0 bridgehead atoms. The Bertz CT molecular complexity index is 1790. The maximum atomic E-state index is 12.6. The summed E-state index contributed by atoms with van der Waals surface area (Å²) < 4.78 is 28.9. The molecule has 0 saturated heterocycles. The summed E-state index contributed by atoms with van der Waals surface area (Å²) in [7, 11) is 1.54. The summed E-state index contributed by atoms with van der Waals surface area (Å²) >= 11 is 2.74. The van der Waals surface area contributed by atoms with Crippen LogP contribution in [0.2, 0.25) is 0 Å². The highest BCUT2D eigenvalue weighted by Crippen LogP contribution is 2.50. The molecule has 3 aromatic carbocycles. The Hall–Kier alpha value is -4.15. The number of carbonyl (C=O) groups is 1. The van der Waals surface area contributed by atoms with Crippen LogP contribution in [0.25, 0.3) is 42.5 Å². The van der Waals surface area contributed by atoms with E-state index in [9.17, 15) is 9.90 Å². The molecule has 0 fully saturated rings. The lowest BCUT2D eigenvalue weighted by molar-refractivity contribution is 0.101. The molecular formula is C27H21N3O5S2. The van der Waals surface area contributed by atoms with Gasteiger partial charge in [-0.2, -0.15) is 8.75 Å². The molecule has 1 N–H and O–H groups in total. The number of methoxy groups -OCH3 is 1. The number of ether oxygens (including phenoxy) is 3. The number of rotatable bonds is 6. The minimum absolute atomic E-state index is 0.0135. The quantitative estimate of drug-likeness (QED) is 0.235. The van der Waals surface area contributed by atoms with Crippen LogP contribution in [0.15, 0.2) is 60.7 Å². The van der Waals surface area contributed by atoms with Crippen LogP contribution in [0.4, 0.5) is 4.79 Å². The molecule has 10 heteroatoms. The van der Waals surface area contributed by atoms with Crippen LogP contribution in [-0.2, 0) is 11.3 Å². The molecule has 0 saturated carbocycles. The first-order chi connectivity index (χ1) is 18.1. The highest BCUT2D eigenvalue weighted by atomic mass is 32.1. The second kappa shape index (κ2) is 9.38. The van der Waals surface area contributed by atoms with E-state index in [0.29, 0.717) is 29.3 Å². The zero-order valence-corrected chi connectivity index (χ0v) is 21.6. The van der Waals surface area contributed by atoms with Crippen LogP contribution in [0.5, 0.6) is 17.4 Å². The van der Waals surface area contributed by atoms with Gasteiger partial charge < -0.3 is 23.9 Å². The normalized spacial score (nSPS) is 11.4. The molecule has 6 aromatic rings. The van der Waals surface area contributed by atoms with Gasteiger partial charge in [-0.25, -0.2) is 4.79 Å². The first-order valence-electron chi connectivity index (χ1n) is 11.5. The lowest BCUT2D eigenvalue weighted by Gasteiger charge is -2.14. The number of carbonyl (C=O) groups excluding carboxylic acids is 1. The number of phenolic OH excluding ortho intramolecular Hbond substituents is 1. The highest BCUT2D eigenvalue weighted by Gasteiger charge is 2.28. The van der Waals surface area contributed by atoms with Gasteiger partial charge in [0.05, 0.1) is 47.8 Å². The molecule has 3 heterocycles. The molecule has 0 aliphatic rings. The fourth-order valence-electron chi connectivity index (χ4n) is 4.48. The summed E-state index contributed by atoms with van der Waals surface area (Å²) in [4.78, 5) is 12.6. The molecule has 0 aliphatic heterocycles. The van der Waals surface area contributed by atoms with Gasteiger partial charge in [0.1, 0.15) is 22.5 Å². The second-order valence-electron chi connectivity index (χ2n) is 8.30. The summed E-state index contributed by atoms with van der Waals surface area (Å²) in [6, 6.07) is 19.1. The van der Waals surface area contributed by atoms with Crippen molar-refractivity contribution in [3.63, 3.8) is 0 Å². The Morgan fingerprint density at radius 3 is 2.70 bits per heavy atom. The van der Waals surface area contributed by atoms with Crippen molar-refractivity contribution in [2.75, 3.05) is 13.7 Å². The number of phenols is 1. The lowest BCUT2D eigenvalue weighted by Crippen LogP contribution is -2.14. The Morgan fingerprint density at radius 1 is 1.05 bits per heavy atom. The Balaban J connectivity index is 1.64. The zero-order valence-electron chi connectivity index (χ0n) is 19.9. The average Bonchev–Trinajstić information content (AvgIpc) is 3.58. The Kier molecular flexibility index (Phi) is 5.90. The summed E-state index contributed by atoms with van der Waals surface area (Å²) in [5, 5.41) is 12.0. The van der Waals surface area contributed by atoms with Crippen LogP contribution in [0.3, 0.4) is 0 Å². The van der Waals surface area contributed by atoms with Crippen molar-refractivity contribution in [1.82, 2.24) is 13.3 Å². The number of aromatic hydroxyl groups is 1. The molecule has 0 unspecified atom stereocenters. The van der Waals surface area contributed by atoms with Crippen molar-refractivity contribution < 1.29 is 24.1 Å². The minimum atomic E-state index is -0.813. The molecule has 8 nitrogen and oxygen atoms in total. The Labute approximate surface area is 219 Å². The molecule has 37 heavy (non-hydrogen) atoms. The van der Waals surface area contributed by atoms with E-state index in [1.807, 2.05) is 41.0 Å². The van der Waals surface area contributed by atoms with Crippen molar-refractivity contribution >= 4 is 60.6 Å².